The standard InChI is InChI=1S/C23H28N4OS/c1-3-16-24-22(28)17-29-23-26-25-21(15-12-19-8-6-5-7-9-19)27(23)20-13-10-18(4-2)11-14-20/h5-11,13-14H,3-4,12,15-17H2,1-2H3,(H,24,28). The number of nitrogens with zero attached hydrogens (tertiary/aromatic N) is 3. The van der Waals surface area contributed by atoms with Gasteiger partial charge in [-0.05, 0) is 42.5 Å². The lowest BCUT2D eigenvalue weighted by Gasteiger charge is -2.11. The maximum atomic E-state index is 12.0. The summed E-state index contributed by atoms with van der Waals surface area (Å²) in [6, 6.07) is 18.9. The van der Waals surface area contributed by atoms with Crippen molar-refractivity contribution in [1.29, 1.82) is 0 Å². The molecule has 1 aromatic heterocycles. The first-order chi connectivity index (χ1) is 14.2. The summed E-state index contributed by atoms with van der Waals surface area (Å²) in [7, 11) is 0. The maximum Gasteiger partial charge on any atom is 0.230 e. The van der Waals surface area contributed by atoms with E-state index in [0.717, 1.165) is 42.4 Å². The van der Waals surface area contributed by atoms with Crippen molar-refractivity contribution in [3.8, 4) is 5.69 Å². The van der Waals surface area contributed by atoms with Gasteiger partial charge in [0.25, 0.3) is 0 Å². The molecule has 1 N–H and O–H groups in total. The number of hydrogen-bond acceptors (Lipinski definition) is 4. The summed E-state index contributed by atoms with van der Waals surface area (Å²) in [5.41, 5.74) is 3.60. The average molecular weight is 409 g/mol. The Hall–Kier alpha value is -2.60. The molecule has 6 heteroatoms. The van der Waals surface area contributed by atoms with E-state index in [1.54, 1.807) is 0 Å². The van der Waals surface area contributed by atoms with E-state index in [2.05, 4.69) is 75.5 Å². The number of carbonyl (C=O) groups excluding carboxylic acids is 1. The van der Waals surface area contributed by atoms with E-state index in [4.69, 9.17) is 0 Å². The van der Waals surface area contributed by atoms with Crippen LogP contribution in [0.5, 0.6) is 0 Å². The first-order valence-corrected chi connectivity index (χ1v) is 11.2. The van der Waals surface area contributed by atoms with Crippen LogP contribution in [-0.4, -0.2) is 33.0 Å². The summed E-state index contributed by atoms with van der Waals surface area (Å²) >= 11 is 1.43. The van der Waals surface area contributed by atoms with Crippen molar-refractivity contribution >= 4 is 17.7 Å². The fraction of sp³-hybridized carbons (Fsp3) is 0.348. The normalized spacial score (nSPS) is 10.8. The predicted octanol–water partition coefficient (Wildman–Crippen LogP) is 4.23. The highest BCUT2D eigenvalue weighted by molar-refractivity contribution is 7.99. The molecule has 2 aromatic carbocycles. The van der Waals surface area contributed by atoms with Gasteiger partial charge in [-0.25, -0.2) is 0 Å². The number of hydrogen-bond donors (Lipinski definition) is 1. The second-order valence-electron chi connectivity index (χ2n) is 6.88. The van der Waals surface area contributed by atoms with Crippen LogP contribution in [0.15, 0.2) is 59.8 Å². The summed E-state index contributed by atoms with van der Waals surface area (Å²) in [6.45, 7) is 4.89. The van der Waals surface area contributed by atoms with Crippen LogP contribution in [0.1, 0.15) is 37.2 Å². The van der Waals surface area contributed by atoms with E-state index in [0.29, 0.717) is 12.3 Å². The highest BCUT2D eigenvalue weighted by Gasteiger charge is 2.16. The molecule has 3 rings (SSSR count). The first kappa shape index (κ1) is 21.1. The Morgan fingerprint density at radius 3 is 2.41 bits per heavy atom. The third-order valence-electron chi connectivity index (χ3n) is 4.69. The van der Waals surface area contributed by atoms with E-state index >= 15 is 0 Å². The smallest absolute Gasteiger partial charge is 0.230 e. The minimum Gasteiger partial charge on any atom is -0.355 e. The Balaban J connectivity index is 1.81. The number of nitrogens with one attached hydrogen (secondary N) is 1. The fourth-order valence-electron chi connectivity index (χ4n) is 3.04. The number of aryl methyl sites for hydroxylation is 3. The van der Waals surface area contributed by atoms with Gasteiger partial charge in [-0.1, -0.05) is 68.1 Å². The van der Waals surface area contributed by atoms with Gasteiger partial charge in [-0.15, -0.1) is 10.2 Å². The van der Waals surface area contributed by atoms with Gasteiger partial charge in [0.1, 0.15) is 5.82 Å². The van der Waals surface area contributed by atoms with Gasteiger partial charge < -0.3 is 5.32 Å². The molecule has 0 aliphatic carbocycles. The Morgan fingerprint density at radius 1 is 0.966 bits per heavy atom. The Labute approximate surface area is 176 Å². The predicted molar refractivity (Wildman–Crippen MR) is 119 cm³/mol. The molecule has 0 bridgehead atoms. The molecule has 0 radical (unpaired) electrons. The number of amides is 1. The Morgan fingerprint density at radius 2 is 1.72 bits per heavy atom. The van der Waals surface area contributed by atoms with Gasteiger partial charge in [0.2, 0.25) is 5.91 Å². The molecule has 0 aliphatic rings. The molecule has 0 aliphatic heterocycles. The topological polar surface area (TPSA) is 59.8 Å². The number of aromatic nitrogens is 3. The lowest BCUT2D eigenvalue weighted by atomic mass is 10.1. The third-order valence-corrected chi connectivity index (χ3v) is 5.62. The average Bonchev–Trinajstić information content (AvgIpc) is 3.18. The van der Waals surface area contributed by atoms with Gasteiger partial charge in [0.05, 0.1) is 5.75 Å². The minimum atomic E-state index is 0.0265. The van der Waals surface area contributed by atoms with Crippen molar-refractivity contribution in [1.82, 2.24) is 20.1 Å². The highest BCUT2D eigenvalue weighted by atomic mass is 32.2. The Bertz CT molecular complexity index is 906. The molecule has 5 nitrogen and oxygen atoms in total. The zero-order valence-corrected chi connectivity index (χ0v) is 17.9. The maximum absolute atomic E-state index is 12.0. The summed E-state index contributed by atoms with van der Waals surface area (Å²) in [4.78, 5) is 12.0. The molecule has 0 fully saturated rings. The van der Waals surface area contributed by atoms with Crippen molar-refractivity contribution < 1.29 is 4.79 Å². The monoisotopic (exact) mass is 408 g/mol. The van der Waals surface area contributed by atoms with Crippen LogP contribution in [-0.2, 0) is 24.1 Å². The number of rotatable bonds is 10. The molecule has 29 heavy (non-hydrogen) atoms. The van der Waals surface area contributed by atoms with E-state index in [9.17, 15) is 4.79 Å². The van der Waals surface area contributed by atoms with Gasteiger partial charge in [-0.3, -0.25) is 9.36 Å². The van der Waals surface area contributed by atoms with Crippen LogP contribution < -0.4 is 5.32 Å². The van der Waals surface area contributed by atoms with Crippen LogP contribution in [0.25, 0.3) is 5.69 Å². The van der Waals surface area contributed by atoms with Gasteiger partial charge >= 0.3 is 0 Å². The molecule has 0 unspecified atom stereocenters. The zero-order valence-electron chi connectivity index (χ0n) is 17.1. The highest BCUT2D eigenvalue weighted by Crippen LogP contribution is 2.23. The van der Waals surface area contributed by atoms with E-state index in [1.165, 1.54) is 22.9 Å². The lowest BCUT2D eigenvalue weighted by molar-refractivity contribution is -0.118. The molecule has 152 valence electrons. The minimum absolute atomic E-state index is 0.0265. The van der Waals surface area contributed by atoms with E-state index < -0.39 is 0 Å². The number of benzene rings is 2. The second kappa shape index (κ2) is 10.8. The quantitative estimate of drug-likeness (QED) is 0.510. The van der Waals surface area contributed by atoms with Crippen LogP contribution in [0.4, 0.5) is 0 Å². The summed E-state index contributed by atoms with van der Waals surface area (Å²) in [5.74, 6) is 1.28. The first-order valence-electron chi connectivity index (χ1n) is 10.2. The van der Waals surface area contributed by atoms with Crippen LogP contribution in [0.2, 0.25) is 0 Å². The van der Waals surface area contributed by atoms with E-state index in [-0.39, 0.29) is 5.91 Å². The molecule has 1 amide bonds. The van der Waals surface area contributed by atoms with Gasteiger partial charge in [-0.2, -0.15) is 0 Å². The van der Waals surface area contributed by atoms with Crippen LogP contribution in [0.3, 0.4) is 0 Å². The number of thioether (sulfide) groups is 1. The third kappa shape index (κ3) is 5.94. The number of carbonyl (C=O) groups is 1. The molecule has 0 saturated heterocycles. The molecule has 0 spiro atoms. The zero-order chi connectivity index (χ0) is 20.5. The fourth-order valence-corrected chi connectivity index (χ4v) is 3.84. The van der Waals surface area contributed by atoms with Crippen molar-refractivity contribution in [3.63, 3.8) is 0 Å². The SMILES string of the molecule is CCCNC(=O)CSc1nnc(CCc2ccccc2)n1-c1ccc(CC)cc1. The van der Waals surface area contributed by atoms with Crippen LogP contribution in [0, 0.1) is 0 Å². The Kier molecular flexibility index (Phi) is 7.87. The molecule has 1 heterocycles. The van der Waals surface area contributed by atoms with Gasteiger partial charge in [0.15, 0.2) is 5.16 Å². The lowest BCUT2D eigenvalue weighted by Crippen LogP contribution is -2.25. The van der Waals surface area contributed by atoms with Crippen molar-refractivity contribution in [2.45, 2.75) is 44.7 Å². The van der Waals surface area contributed by atoms with Crippen molar-refractivity contribution in [3.05, 3.63) is 71.5 Å². The summed E-state index contributed by atoms with van der Waals surface area (Å²) in [6.07, 6.45) is 3.62. The van der Waals surface area contributed by atoms with E-state index in [1.807, 2.05) is 13.0 Å². The molecule has 3 aromatic rings. The summed E-state index contributed by atoms with van der Waals surface area (Å²) in [5, 5.41) is 12.5. The molecule has 0 saturated carbocycles. The van der Waals surface area contributed by atoms with Gasteiger partial charge in [0, 0.05) is 18.7 Å². The largest absolute Gasteiger partial charge is 0.355 e. The van der Waals surface area contributed by atoms with Crippen molar-refractivity contribution in [2.75, 3.05) is 12.3 Å². The summed E-state index contributed by atoms with van der Waals surface area (Å²) < 4.78 is 2.08. The molecule has 0 atom stereocenters. The van der Waals surface area contributed by atoms with Crippen molar-refractivity contribution in [2.24, 2.45) is 0 Å². The second-order valence-corrected chi connectivity index (χ2v) is 7.82. The molecular formula is C23H28N4OS. The molecular weight excluding hydrogens is 380 g/mol. The van der Waals surface area contributed by atoms with Crippen LogP contribution >= 0.6 is 11.8 Å².